The van der Waals surface area contributed by atoms with Crippen molar-refractivity contribution < 1.29 is 24.1 Å². The van der Waals surface area contributed by atoms with Crippen molar-refractivity contribution in [1.82, 2.24) is 4.90 Å². The van der Waals surface area contributed by atoms with Crippen molar-refractivity contribution in [2.24, 2.45) is 0 Å². The van der Waals surface area contributed by atoms with Gasteiger partial charge in [0.15, 0.2) is 0 Å². The zero-order valence-corrected chi connectivity index (χ0v) is 15.0. The lowest BCUT2D eigenvalue weighted by Crippen LogP contribution is -2.47. The minimum absolute atomic E-state index is 0.117. The number of carbonyl (C=O) groups excluding carboxylic acids is 1. The third kappa shape index (κ3) is 4.32. The van der Waals surface area contributed by atoms with Crippen LogP contribution in [0, 0.1) is 0 Å². The second-order valence-electron chi connectivity index (χ2n) is 7.00. The number of likely N-dealkylation sites (tertiary alicyclic amines) is 1. The molecule has 24 heavy (non-hydrogen) atoms. The van der Waals surface area contributed by atoms with Crippen LogP contribution in [0.1, 0.15) is 38.7 Å². The lowest BCUT2D eigenvalue weighted by molar-refractivity contribution is -0.00171. The fourth-order valence-corrected chi connectivity index (χ4v) is 2.92. The van der Waals surface area contributed by atoms with Gasteiger partial charge in [-0.1, -0.05) is 0 Å². The summed E-state index contributed by atoms with van der Waals surface area (Å²) in [7, 11) is 3.21. The highest BCUT2D eigenvalue weighted by Gasteiger charge is 2.34. The summed E-state index contributed by atoms with van der Waals surface area (Å²) < 4.78 is 16.1. The third-order valence-electron chi connectivity index (χ3n) is 4.07. The number of rotatable bonds is 3. The molecule has 0 spiro atoms. The molecular formula is C18H27NO5. The van der Waals surface area contributed by atoms with Gasteiger partial charge in [-0.05, 0) is 45.4 Å². The first-order chi connectivity index (χ1) is 11.2. The van der Waals surface area contributed by atoms with E-state index < -0.39 is 17.8 Å². The van der Waals surface area contributed by atoms with Crippen LogP contribution in [0.2, 0.25) is 0 Å². The topological polar surface area (TPSA) is 68.2 Å². The lowest BCUT2D eigenvalue weighted by Gasteiger charge is -2.37. The van der Waals surface area contributed by atoms with E-state index in [1.54, 1.807) is 19.1 Å². The van der Waals surface area contributed by atoms with Crippen LogP contribution in [0.3, 0.4) is 0 Å². The van der Waals surface area contributed by atoms with Gasteiger partial charge in [-0.25, -0.2) is 4.79 Å². The van der Waals surface area contributed by atoms with Crippen LogP contribution < -0.4 is 9.47 Å². The monoisotopic (exact) mass is 337 g/mol. The molecule has 1 fully saturated rings. The molecular weight excluding hydrogens is 310 g/mol. The Morgan fingerprint density at radius 2 is 1.96 bits per heavy atom. The van der Waals surface area contributed by atoms with Gasteiger partial charge in [0.05, 0.1) is 26.9 Å². The summed E-state index contributed by atoms with van der Waals surface area (Å²) in [5, 5.41) is 10.6. The molecule has 0 bridgehead atoms. The first-order valence-corrected chi connectivity index (χ1v) is 8.13. The highest BCUT2D eigenvalue weighted by Crippen LogP contribution is 2.37. The highest BCUT2D eigenvalue weighted by atomic mass is 16.6. The van der Waals surface area contributed by atoms with Crippen molar-refractivity contribution in [1.29, 1.82) is 0 Å². The Bertz CT molecular complexity index is 581. The number of hydrogen-bond acceptors (Lipinski definition) is 5. The van der Waals surface area contributed by atoms with E-state index in [1.165, 1.54) is 0 Å². The zero-order chi connectivity index (χ0) is 17.9. The average Bonchev–Trinajstić information content (AvgIpc) is 2.52. The largest absolute Gasteiger partial charge is 0.497 e. The molecule has 1 heterocycles. The summed E-state index contributed by atoms with van der Waals surface area (Å²) in [5.74, 6) is 1.31. The second kappa shape index (κ2) is 7.30. The Morgan fingerprint density at radius 1 is 1.25 bits per heavy atom. The van der Waals surface area contributed by atoms with Gasteiger partial charge >= 0.3 is 6.09 Å². The summed E-state index contributed by atoms with van der Waals surface area (Å²) in [6.07, 6.45) is -0.450. The van der Waals surface area contributed by atoms with Crippen LogP contribution >= 0.6 is 0 Å². The number of ether oxygens (including phenoxy) is 3. The van der Waals surface area contributed by atoms with Gasteiger partial charge in [-0.15, -0.1) is 0 Å². The van der Waals surface area contributed by atoms with Crippen LogP contribution in [0.5, 0.6) is 11.5 Å². The number of aliphatic hydroxyl groups is 1. The average molecular weight is 337 g/mol. The third-order valence-corrected chi connectivity index (χ3v) is 4.07. The number of piperidine rings is 1. The van der Waals surface area contributed by atoms with Crippen LogP contribution in [0.25, 0.3) is 0 Å². The van der Waals surface area contributed by atoms with E-state index in [1.807, 2.05) is 39.0 Å². The van der Waals surface area contributed by atoms with Crippen LogP contribution in [0.4, 0.5) is 4.79 Å². The molecule has 1 aromatic carbocycles. The molecule has 1 aliphatic heterocycles. The molecule has 0 aliphatic carbocycles. The molecule has 1 aliphatic rings. The summed E-state index contributed by atoms with van der Waals surface area (Å²) in [6, 6.07) is 5.54. The Balaban J connectivity index is 2.13. The summed E-state index contributed by atoms with van der Waals surface area (Å²) in [6.45, 7) is 6.25. The Hall–Kier alpha value is -1.95. The number of amides is 1. The Labute approximate surface area is 143 Å². The van der Waals surface area contributed by atoms with E-state index in [9.17, 15) is 9.90 Å². The standard InChI is InChI=1S/C18H27NO5/c1-18(2,3)24-17(21)19-9-8-13(15(20)11-19)14-10-12(22-4)6-7-16(14)23-5/h6-7,10,13,15,20H,8-9,11H2,1-5H3/t13-,15+/m0/s1. The summed E-state index contributed by atoms with van der Waals surface area (Å²) >= 11 is 0. The number of methoxy groups -OCH3 is 2. The molecule has 0 aromatic heterocycles. The highest BCUT2D eigenvalue weighted by molar-refractivity contribution is 5.68. The molecule has 1 saturated heterocycles. The first kappa shape index (κ1) is 18.4. The van der Waals surface area contributed by atoms with Crippen molar-refractivity contribution >= 4 is 6.09 Å². The molecule has 2 atom stereocenters. The Morgan fingerprint density at radius 3 is 2.50 bits per heavy atom. The van der Waals surface area contributed by atoms with E-state index in [-0.39, 0.29) is 12.5 Å². The van der Waals surface area contributed by atoms with Crippen molar-refractivity contribution in [3.05, 3.63) is 23.8 Å². The number of β-amino-alcohol motifs (C(OH)–C–C–N with tert-alkyl or cyclic N) is 1. The molecule has 1 N–H and O–H groups in total. The lowest BCUT2D eigenvalue weighted by atomic mass is 9.86. The van der Waals surface area contributed by atoms with Crippen molar-refractivity contribution in [3.8, 4) is 11.5 Å². The fourth-order valence-electron chi connectivity index (χ4n) is 2.92. The van der Waals surface area contributed by atoms with Crippen molar-refractivity contribution in [3.63, 3.8) is 0 Å². The molecule has 2 rings (SSSR count). The van der Waals surface area contributed by atoms with Gasteiger partial charge in [0.1, 0.15) is 17.1 Å². The maximum Gasteiger partial charge on any atom is 0.410 e. The minimum Gasteiger partial charge on any atom is -0.497 e. The zero-order valence-electron chi connectivity index (χ0n) is 15.0. The molecule has 1 aromatic rings. The molecule has 6 nitrogen and oxygen atoms in total. The van der Waals surface area contributed by atoms with Crippen molar-refractivity contribution in [2.45, 2.75) is 44.8 Å². The molecule has 0 unspecified atom stereocenters. The number of benzene rings is 1. The SMILES string of the molecule is COc1ccc(OC)c([C@@H]2CCN(C(=O)OC(C)(C)C)C[C@H]2O)c1. The molecule has 0 radical (unpaired) electrons. The maximum absolute atomic E-state index is 12.2. The normalized spacial score (nSPS) is 21.3. The summed E-state index contributed by atoms with van der Waals surface area (Å²) in [4.78, 5) is 13.7. The molecule has 1 amide bonds. The molecule has 6 heteroatoms. The molecule has 134 valence electrons. The predicted molar refractivity (Wildman–Crippen MR) is 90.7 cm³/mol. The first-order valence-electron chi connectivity index (χ1n) is 8.13. The number of nitrogens with zero attached hydrogens (tertiary/aromatic N) is 1. The Kier molecular flexibility index (Phi) is 5.59. The number of carbonyl (C=O) groups is 1. The summed E-state index contributed by atoms with van der Waals surface area (Å²) in [5.41, 5.74) is 0.350. The van der Waals surface area contributed by atoms with Crippen LogP contribution in [0.15, 0.2) is 18.2 Å². The smallest absolute Gasteiger partial charge is 0.410 e. The van der Waals surface area contributed by atoms with Gasteiger partial charge in [0.2, 0.25) is 0 Å². The quantitative estimate of drug-likeness (QED) is 0.918. The van der Waals surface area contributed by atoms with E-state index >= 15 is 0 Å². The van der Waals surface area contributed by atoms with Crippen LogP contribution in [-0.2, 0) is 4.74 Å². The fraction of sp³-hybridized carbons (Fsp3) is 0.611. The van der Waals surface area contributed by atoms with Crippen LogP contribution in [-0.4, -0.2) is 55.1 Å². The second-order valence-corrected chi connectivity index (χ2v) is 7.00. The molecule has 0 saturated carbocycles. The van der Waals surface area contributed by atoms with Gasteiger partial charge in [0.25, 0.3) is 0 Å². The predicted octanol–water partition coefficient (Wildman–Crippen LogP) is 2.79. The van der Waals surface area contributed by atoms with E-state index in [4.69, 9.17) is 14.2 Å². The van der Waals surface area contributed by atoms with E-state index in [0.29, 0.717) is 24.5 Å². The van der Waals surface area contributed by atoms with E-state index in [0.717, 1.165) is 5.56 Å². The maximum atomic E-state index is 12.2. The van der Waals surface area contributed by atoms with Gasteiger partial charge in [-0.2, -0.15) is 0 Å². The minimum atomic E-state index is -0.688. The van der Waals surface area contributed by atoms with Gasteiger partial charge in [-0.3, -0.25) is 0 Å². The van der Waals surface area contributed by atoms with Crippen molar-refractivity contribution in [2.75, 3.05) is 27.3 Å². The number of aliphatic hydroxyl groups excluding tert-OH is 1. The van der Waals surface area contributed by atoms with E-state index in [2.05, 4.69) is 0 Å². The van der Waals surface area contributed by atoms with Gasteiger partial charge < -0.3 is 24.2 Å². The number of hydrogen-bond donors (Lipinski definition) is 1. The van der Waals surface area contributed by atoms with Gasteiger partial charge in [0, 0.05) is 18.0 Å².